The van der Waals surface area contributed by atoms with E-state index < -0.39 is 10.1 Å². The third-order valence-corrected chi connectivity index (χ3v) is 3.59. The summed E-state index contributed by atoms with van der Waals surface area (Å²) in [5.41, 5.74) is 0.489. The first-order valence-corrected chi connectivity index (χ1v) is 5.71. The van der Waals surface area contributed by atoms with Crippen molar-refractivity contribution in [3.8, 4) is 0 Å². The van der Waals surface area contributed by atoms with Crippen molar-refractivity contribution in [2.75, 3.05) is 6.61 Å². The predicted octanol–water partition coefficient (Wildman–Crippen LogP) is 2.19. The number of rotatable bonds is 3. The number of hydrogen-bond donors (Lipinski definition) is 0. The van der Waals surface area contributed by atoms with Gasteiger partial charge in [-0.25, -0.2) is 0 Å². The summed E-state index contributed by atoms with van der Waals surface area (Å²) in [6, 6.07) is 4.64. The molecule has 77 valence electrons. The summed E-state index contributed by atoms with van der Waals surface area (Å²) < 4.78 is 27.5. The average molecular weight is 234 g/mol. The number of benzene rings is 1. The lowest BCUT2D eigenvalue weighted by atomic mass is 10.2. The molecule has 5 heteroatoms. The van der Waals surface area contributed by atoms with E-state index in [1.54, 1.807) is 19.1 Å². The molecule has 0 aliphatic carbocycles. The van der Waals surface area contributed by atoms with Gasteiger partial charge in [0, 0.05) is 5.02 Å². The highest BCUT2D eigenvalue weighted by Gasteiger charge is 2.17. The Morgan fingerprint density at radius 1 is 1.50 bits per heavy atom. The Kier molecular flexibility index (Phi) is 3.53. The molecule has 0 bridgehead atoms. The van der Waals surface area contributed by atoms with Crippen LogP contribution >= 0.6 is 11.6 Å². The van der Waals surface area contributed by atoms with Gasteiger partial charge in [0.15, 0.2) is 0 Å². The highest BCUT2D eigenvalue weighted by Crippen LogP contribution is 2.23. The monoisotopic (exact) mass is 233 g/mol. The summed E-state index contributed by atoms with van der Waals surface area (Å²) >= 11 is 5.78. The number of hydrogen-bond acceptors (Lipinski definition) is 3. The smallest absolute Gasteiger partial charge is 0.266 e. The first-order chi connectivity index (χ1) is 6.49. The molecule has 1 aromatic rings. The van der Waals surface area contributed by atoms with E-state index in [4.69, 9.17) is 11.6 Å². The van der Waals surface area contributed by atoms with Crippen molar-refractivity contribution in [2.24, 2.45) is 0 Å². The second-order valence-electron chi connectivity index (χ2n) is 2.64. The van der Waals surface area contributed by atoms with Gasteiger partial charge in [0.25, 0.3) is 10.1 Å². The van der Waals surface area contributed by atoms with Crippen molar-refractivity contribution in [3.63, 3.8) is 0 Å². The topological polar surface area (TPSA) is 43.4 Å². The minimum Gasteiger partial charge on any atom is -0.266 e. The molecule has 0 aliphatic heterocycles. The van der Waals surface area contributed by atoms with E-state index in [2.05, 4.69) is 11.1 Å². The maximum absolute atomic E-state index is 11.5. The molecular weight excluding hydrogens is 224 g/mol. The SMILES string of the molecule is [CH2]COS(=O)(=O)c1cccc(Cl)c1C. The lowest BCUT2D eigenvalue weighted by Gasteiger charge is -2.07. The summed E-state index contributed by atoms with van der Waals surface area (Å²) in [7, 11) is -3.71. The lowest BCUT2D eigenvalue weighted by Crippen LogP contribution is -2.07. The van der Waals surface area contributed by atoms with Crippen LogP contribution < -0.4 is 0 Å². The molecule has 0 spiro atoms. The van der Waals surface area contributed by atoms with E-state index in [1.807, 2.05) is 0 Å². The minimum absolute atomic E-state index is 0.0913. The van der Waals surface area contributed by atoms with Crippen molar-refractivity contribution < 1.29 is 12.6 Å². The molecule has 14 heavy (non-hydrogen) atoms. The highest BCUT2D eigenvalue weighted by molar-refractivity contribution is 7.86. The average Bonchev–Trinajstić information content (AvgIpc) is 2.09. The van der Waals surface area contributed by atoms with Crippen LogP contribution in [0.2, 0.25) is 5.02 Å². The molecule has 1 aromatic carbocycles. The normalized spacial score (nSPS) is 11.6. The zero-order valence-electron chi connectivity index (χ0n) is 7.66. The van der Waals surface area contributed by atoms with E-state index in [0.717, 1.165) is 0 Å². The Bertz CT molecular complexity index is 426. The van der Waals surface area contributed by atoms with Crippen LogP contribution in [0.1, 0.15) is 5.56 Å². The molecule has 3 nitrogen and oxygen atoms in total. The first kappa shape index (κ1) is 11.5. The summed E-state index contributed by atoms with van der Waals surface area (Å²) in [5, 5.41) is 0.402. The fourth-order valence-corrected chi connectivity index (χ4v) is 2.34. The van der Waals surface area contributed by atoms with Crippen LogP contribution in [0.25, 0.3) is 0 Å². The van der Waals surface area contributed by atoms with Crippen molar-refractivity contribution in [3.05, 3.63) is 35.7 Å². The Labute approximate surface area is 88.8 Å². The van der Waals surface area contributed by atoms with E-state index >= 15 is 0 Å². The van der Waals surface area contributed by atoms with Gasteiger partial charge in [0.1, 0.15) is 0 Å². The van der Waals surface area contributed by atoms with Gasteiger partial charge in [-0.1, -0.05) is 17.7 Å². The minimum atomic E-state index is -3.71. The molecule has 0 fully saturated rings. The maximum Gasteiger partial charge on any atom is 0.297 e. The van der Waals surface area contributed by atoms with Crippen LogP contribution in [0.5, 0.6) is 0 Å². The Hall–Kier alpha value is -0.580. The van der Waals surface area contributed by atoms with E-state index in [-0.39, 0.29) is 11.5 Å². The van der Waals surface area contributed by atoms with Gasteiger partial charge >= 0.3 is 0 Å². The predicted molar refractivity (Wildman–Crippen MR) is 54.7 cm³/mol. The molecule has 0 heterocycles. The summed E-state index contributed by atoms with van der Waals surface area (Å²) in [6.45, 7) is 4.81. The molecule has 0 saturated heterocycles. The van der Waals surface area contributed by atoms with Gasteiger partial charge < -0.3 is 0 Å². The van der Waals surface area contributed by atoms with Crippen molar-refractivity contribution in [1.82, 2.24) is 0 Å². The van der Waals surface area contributed by atoms with Gasteiger partial charge in [-0.2, -0.15) is 8.42 Å². The molecule has 0 saturated carbocycles. The maximum atomic E-state index is 11.5. The van der Waals surface area contributed by atoms with Crippen LogP contribution in [-0.4, -0.2) is 15.0 Å². The molecule has 0 amide bonds. The standard InChI is InChI=1S/C9H10ClO3S/c1-3-13-14(11,12)9-6-4-5-8(10)7(9)2/h4-6H,1,3H2,2H3. The van der Waals surface area contributed by atoms with Gasteiger partial charge in [0.05, 0.1) is 11.5 Å². The third-order valence-electron chi connectivity index (χ3n) is 1.73. The van der Waals surface area contributed by atoms with Crippen LogP contribution in [0.4, 0.5) is 0 Å². The van der Waals surface area contributed by atoms with Crippen LogP contribution in [0, 0.1) is 13.8 Å². The fraction of sp³-hybridized carbons (Fsp3) is 0.222. The van der Waals surface area contributed by atoms with Gasteiger partial charge in [-0.15, -0.1) is 0 Å². The van der Waals surface area contributed by atoms with Crippen molar-refractivity contribution in [2.45, 2.75) is 11.8 Å². The third kappa shape index (κ3) is 2.26. The lowest BCUT2D eigenvalue weighted by molar-refractivity contribution is 0.355. The summed E-state index contributed by atoms with van der Waals surface area (Å²) in [5.74, 6) is 0. The largest absolute Gasteiger partial charge is 0.297 e. The highest BCUT2D eigenvalue weighted by atomic mass is 35.5. The number of halogens is 1. The Balaban J connectivity index is 3.27. The van der Waals surface area contributed by atoms with Gasteiger partial charge in [0.2, 0.25) is 0 Å². The Morgan fingerprint density at radius 2 is 2.14 bits per heavy atom. The molecule has 0 atom stereocenters. The molecule has 0 aliphatic rings. The van der Waals surface area contributed by atoms with E-state index in [9.17, 15) is 8.42 Å². The molecule has 0 unspecified atom stereocenters. The first-order valence-electron chi connectivity index (χ1n) is 3.93. The van der Waals surface area contributed by atoms with Crippen molar-refractivity contribution >= 4 is 21.7 Å². The quantitative estimate of drug-likeness (QED) is 0.752. The van der Waals surface area contributed by atoms with Gasteiger partial charge in [-0.3, -0.25) is 4.18 Å². The van der Waals surface area contributed by atoms with Gasteiger partial charge in [-0.05, 0) is 31.5 Å². The van der Waals surface area contributed by atoms with E-state index in [1.165, 1.54) is 6.07 Å². The molecular formula is C9H10ClO3S. The second kappa shape index (κ2) is 4.29. The van der Waals surface area contributed by atoms with Crippen molar-refractivity contribution in [1.29, 1.82) is 0 Å². The molecule has 1 radical (unpaired) electrons. The summed E-state index contributed by atoms with van der Waals surface area (Å²) in [4.78, 5) is 0.0913. The Morgan fingerprint density at radius 3 is 2.71 bits per heavy atom. The van der Waals surface area contributed by atoms with Crippen LogP contribution in [-0.2, 0) is 14.3 Å². The van der Waals surface area contributed by atoms with E-state index in [0.29, 0.717) is 10.6 Å². The fourth-order valence-electron chi connectivity index (χ4n) is 1.03. The second-order valence-corrected chi connectivity index (χ2v) is 4.63. The zero-order chi connectivity index (χ0) is 10.8. The molecule has 0 aromatic heterocycles. The van der Waals surface area contributed by atoms with Crippen LogP contribution in [0.3, 0.4) is 0 Å². The zero-order valence-corrected chi connectivity index (χ0v) is 9.23. The van der Waals surface area contributed by atoms with Crippen LogP contribution in [0.15, 0.2) is 23.1 Å². The molecule has 0 N–H and O–H groups in total. The molecule has 1 rings (SSSR count). The summed E-state index contributed by atoms with van der Waals surface area (Å²) in [6.07, 6.45) is 0.